The third-order valence-electron chi connectivity index (χ3n) is 3.39. The molecule has 0 N–H and O–H groups in total. The molecule has 1 aliphatic heterocycles. The Morgan fingerprint density at radius 2 is 1.89 bits per heavy atom. The van der Waals surface area contributed by atoms with E-state index >= 15 is 0 Å². The first-order chi connectivity index (χ1) is 8.93. The van der Waals surface area contributed by atoms with Gasteiger partial charge in [-0.25, -0.2) is 0 Å². The van der Waals surface area contributed by atoms with Crippen molar-refractivity contribution in [3.63, 3.8) is 0 Å². The van der Waals surface area contributed by atoms with E-state index in [1.54, 1.807) is 7.11 Å². The molecule has 1 aromatic rings. The molecule has 0 unspecified atom stereocenters. The summed E-state index contributed by atoms with van der Waals surface area (Å²) in [5.74, 6) is 0. The number of nitrogens with zero attached hydrogens (tertiary/aromatic N) is 2. The van der Waals surface area contributed by atoms with Crippen molar-refractivity contribution in [2.24, 2.45) is 15.6 Å². The Kier molecular flexibility index (Phi) is 3.85. The fraction of sp³-hybridized carbons (Fsp3) is 0.500. The molecule has 19 heavy (non-hydrogen) atoms. The van der Waals surface area contributed by atoms with E-state index in [4.69, 9.17) is 4.74 Å². The highest BCUT2D eigenvalue weighted by atomic mass is 16.5. The van der Waals surface area contributed by atoms with E-state index in [1.807, 2.05) is 12.1 Å². The van der Waals surface area contributed by atoms with Gasteiger partial charge in [-0.1, -0.05) is 45.0 Å². The van der Waals surface area contributed by atoms with Gasteiger partial charge in [0, 0.05) is 7.11 Å². The Balaban J connectivity index is 2.48. The van der Waals surface area contributed by atoms with Crippen LogP contribution in [0.1, 0.15) is 44.9 Å². The predicted octanol–water partition coefficient (Wildman–Crippen LogP) is 4.62. The van der Waals surface area contributed by atoms with Gasteiger partial charge in [-0.15, -0.1) is 0 Å². The van der Waals surface area contributed by atoms with Crippen molar-refractivity contribution in [3.8, 4) is 0 Å². The Labute approximate surface area is 115 Å². The zero-order valence-corrected chi connectivity index (χ0v) is 12.3. The minimum atomic E-state index is -0.0605. The van der Waals surface area contributed by atoms with Gasteiger partial charge in [0.1, 0.15) is 6.10 Å². The quantitative estimate of drug-likeness (QED) is 0.762. The van der Waals surface area contributed by atoms with Crippen LogP contribution in [0.4, 0.5) is 0 Å². The highest BCUT2D eigenvalue weighted by molar-refractivity contribution is 5.59. The lowest BCUT2D eigenvalue weighted by atomic mass is 9.86. The average Bonchev–Trinajstić information content (AvgIpc) is 2.49. The van der Waals surface area contributed by atoms with Crippen LogP contribution < -0.4 is 0 Å². The molecule has 1 aromatic carbocycles. The van der Waals surface area contributed by atoms with Gasteiger partial charge in [0.05, 0.1) is 11.7 Å². The summed E-state index contributed by atoms with van der Waals surface area (Å²) in [5, 5.41) is 8.82. The summed E-state index contributed by atoms with van der Waals surface area (Å²) in [6, 6.07) is 8.39. The van der Waals surface area contributed by atoms with Crippen LogP contribution in [0, 0.1) is 5.41 Å². The fourth-order valence-electron chi connectivity index (χ4n) is 2.47. The Hall–Kier alpha value is -1.48. The fourth-order valence-corrected chi connectivity index (χ4v) is 2.47. The van der Waals surface area contributed by atoms with E-state index in [0.717, 1.165) is 5.70 Å². The molecule has 1 aliphatic rings. The summed E-state index contributed by atoms with van der Waals surface area (Å²) in [4.78, 5) is 0. The molecule has 0 saturated heterocycles. The molecule has 102 valence electrons. The lowest BCUT2D eigenvalue weighted by Gasteiger charge is -2.29. The first-order valence-electron chi connectivity index (χ1n) is 6.67. The van der Waals surface area contributed by atoms with Gasteiger partial charge in [0.15, 0.2) is 0 Å². The summed E-state index contributed by atoms with van der Waals surface area (Å²) < 4.78 is 5.64. The monoisotopic (exact) mass is 258 g/mol. The topological polar surface area (TPSA) is 34.0 Å². The number of azo groups is 1. The van der Waals surface area contributed by atoms with Crippen LogP contribution in [0.3, 0.4) is 0 Å². The maximum absolute atomic E-state index is 5.64. The van der Waals surface area contributed by atoms with Crippen molar-refractivity contribution in [2.45, 2.75) is 39.8 Å². The van der Waals surface area contributed by atoms with E-state index in [-0.39, 0.29) is 17.6 Å². The van der Waals surface area contributed by atoms with Gasteiger partial charge < -0.3 is 4.74 Å². The van der Waals surface area contributed by atoms with Gasteiger partial charge in [0.25, 0.3) is 0 Å². The molecule has 2 rings (SSSR count). The van der Waals surface area contributed by atoms with Crippen LogP contribution >= 0.6 is 0 Å². The van der Waals surface area contributed by atoms with Crippen molar-refractivity contribution in [1.82, 2.24) is 0 Å². The third-order valence-corrected chi connectivity index (χ3v) is 3.39. The molecule has 0 aliphatic carbocycles. The molecule has 1 heterocycles. The second-order valence-corrected chi connectivity index (χ2v) is 6.07. The van der Waals surface area contributed by atoms with E-state index in [0.29, 0.717) is 0 Å². The molecule has 0 spiro atoms. The molecule has 0 aromatic heterocycles. The molecule has 3 heteroatoms. The van der Waals surface area contributed by atoms with Gasteiger partial charge in [-0.3, -0.25) is 0 Å². The first kappa shape index (κ1) is 13.9. The summed E-state index contributed by atoms with van der Waals surface area (Å²) in [6.45, 7) is 8.52. The number of ether oxygens (including phenoxy) is 1. The lowest BCUT2D eigenvalue weighted by molar-refractivity contribution is 0.0438. The molecule has 0 saturated carbocycles. The van der Waals surface area contributed by atoms with Crippen molar-refractivity contribution >= 4 is 6.08 Å². The second-order valence-electron chi connectivity index (χ2n) is 6.07. The largest absolute Gasteiger partial charge is 0.375 e. The zero-order chi connectivity index (χ0) is 14.0. The van der Waals surface area contributed by atoms with Crippen LogP contribution in [-0.2, 0) is 4.74 Å². The second kappa shape index (κ2) is 5.25. The van der Waals surface area contributed by atoms with Crippen molar-refractivity contribution in [2.75, 3.05) is 7.11 Å². The van der Waals surface area contributed by atoms with Crippen LogP contribution in [0.2, 0.25) is 0 Å². The lowest BCUT2D eigenvalue weighted by Crippen LogP contribution is -2.29. The molecule has 0 bridgehead atoms. The Morgan fingerprint density at radius 3 is 2.53 bits per heavy atom. The molecule has 0 radical (unpaired) electrons. The number of fused-ring (bicyclic) bond motifs is 1. The molecule has 0 amide bonds. The molecule has 0 fully saturated rings. The van der Waals surface area contributed by atoms with Crippen molar-refractivity contribution in [1.29, 1.82) is 0 Å². The van der Waals surface area contributed by atoms with E-state index < -0.39 is 0 Å². The van der Waals surface area contributed by atoms with Gasteiger partial charge in [0.2, 0.25) is 0 Å². The minimum Gasteiger partial charge on any atom is -0.375 e. The highest BCUT2D eigenvalue weighted by Gasteiger charge is 2.29. The van der Waals surface area contributed by atoms with E-state index in [2.05, 4.69) is 56.1 Å². The number of methoxy groups -OCH3 is 1. The summed E-state index contributed by atoms with van der Waals surface area (Å²) in [7, 11) is 1.73. The molecule has 2 atom stereocenters. The van der Waals surface area contributed by atoms with Crippen LogP contribution in [0.25, 0.3) is 6.08 Å². The first-order valence-corrected chi connectivity index (χ1v) is 6.67. The third kappa shape index (κ3) is 2.92. The highest BCUT2D eigenvalue weighted by Crippen LogP contribution is 2.34. The van der Waals surface area contributed by atoms with Gasteiger partial charge in [-0.2, -0.15) is 10.2 Å². The van der Waals surface area contributed by atoms with Crippen LogP contribution in [-0.4, -0.2) is 13.2 Å². The minimum absolute atomic E-state index is 0.0118. The maximum Gasteiger partial charge on any atom is 0.106 e. The Bertz CT molecular complexity index is 512. The summed E-state index contributed by atoms with van der Waals surface area (Å²) in [6.07, 6.45) is 2.04. The molecule has 3 nitrogen and oxygen atoms in total. The number of rotatable bonds is 2. The van der Waals surface area contributed by atoms with Crippen LogP contribution in [0.5, 0.6) is 0 Å². The van der Waals surface area contributed by atoms with Crippen molar-refractivity contribution < 1.29 is 4.74 Å². The predicted molar refractivity (Wildman–Crippen MR) is 77.9 cm³/mol. The molecular formula is C16H22N2O. The standard InChI is InChI=1S/C16H22N2O/c1-11-13-9-7-6-8-12(13)10-14(18-17-11)15(19-5)16(2,3)4/h6-11,15H,1-5H3/t11-,15+/m0/s1. The van der Waals surface area contributed by atoms with Crippen LogP contribution in [0.15, 0.2) is 40.2 Å². The van der Waals surface area contributed by atoms with E-state index in [9.17, 15) is 0 Å². The molecular weight excluding hydrogens is 236 g/mol. The number of hydrogen-bond donors (Lipinski definition) is 0. The van der Waals surface area contributed by atoms with Gasteiger partial charge >= 0.3 is 0 Å². The smallest absolute Gasteiger partial charge is 0.106 e. The van der Waals surface area contributed by atoms with Crippen molar-refractivity contribution in [3.05, 3.63) is 41.1 Å². The Morgan fingerprint density at radius 1 is 1.21 bits per heavy atom. The van der Waals surface area contributed by atoms with Gasteiger partial charge in [-0.05, 0) is 29.5 Å². The maximum atomic E-state index is 5.64. The number of hydrogen-bond acceptors (Lipinski definition) is 3. The summed E-state index contributed by atoms with van der Waals surface area (Å²) >= 11 is 0. The SMILES string of the molecule is CO[C@H](C1=Cc2ccccc2[C@H](C)N=N1)C(C)(C)C. The van der Waals surface area contributed by atoms with E-state index in [1.165, 1.54) is 11.1 Å². The average molecular weight is 258 g/mol. The zero-order valence-electron chi connectivity index (χ0n) is 12.3. The normalized spacial score (nSPS) is 20.5. The summed E-state index contributed by atoms with van der Waals surface area (Å²) in [5.41, 5.74) is 3.28. The number of benzene rings is 1.